The lowest BCUT2D eigenvalue weighted by Gasteiger charge is -2.42. The van der Waals surface area contributed by atoms with Crippen molar-refractivity contribution in [2.24, 2.45) is 0 Å². The molecular formula is C24H37NO10. The molecule has 0 aromatic heterocycles. The van der Waals surface area contributed by atoms with Crippen LogP contribution in [-0.4, -0.2) is 112 Å². The van der Waals surface area contributed by atoms with Gasteiger partial charge in [-0.3, -0.25) is 4.79 Å². The molecule has 11 heteroatoms. The van der Waals surface area contributed by atoms with Crippen LogP contribution in [0, 0.1) is 0 Å². The number of fused-ring (bicyclic) bond motifs is 2. The summed E-state index contributed by atoms with van der Waals surface area (Å²) >= 11 is 0. The van der Waals surface area contributed by atoms with Gasteiger partial charge in [-0.05, 0) is 5.56 Å². The molecule has 3 N–H and O–H groups in total. The van der Waals surface area contributed by atoms with E-state index in [4.69, 9.17) is 33.2 Å². The first kappa shape index (κ1) is 27.9. The molecule has 5 atom stereocenters. The van der Waals surface area contributed by atoms with Crippen LogP contribution in [0.25, 0.3) is 0 Å². The van der Waals surface area contributed by atoms with Crippen LogP contribution in [0.1, 0.15) is 12.5 Å². The number of amides is 1. The lowest BCUT2D eigenvalue weighted by atomic mass is 9.88. The Kier molecular flexibility index (Phi) is 11.8. The molecule has 198 valence electrons. The van der Waals surface area contributed by atoms with Crippen LogP contribution < -0.4 is 5.32 Å². The van der Waals surface area contributed by atoms with Gasteiger partial charge in [0.15, 0.2) is 6.29 Å². The van der Waals surface area contributed by atoms with E-state index in [2.05, 4.69) is 5.32 Å². The topological polar surface area (TPSA) is 134 Å². The number of carbonyl (C=O) groups excluding carboxylic acids is 1. The number of aliphatic hydroxyl groups is 2. The van der Waals surface area contributed by atoms with E-state index in [0.717, 1.165) is 5.56 Å². The quantitative estimate of drug-likeness (QED) is 0.244. The minimum atomic E-state index is -1.26. The predicted molar refractivity (Wildman–Crippen MR) is 123 cm³/mol. The molecule has 0 spiro atoms. The summed E-state index contributed by atoms with van der Waals surface area (Å²) in [6, 6.07) is 9.15. The summed E-state index contributed by atoms with van der Waals surface area (Å²) in [7, 11) is 0. The van der Waals surface area contributed by atoms with Crippen molar-refractivity contribution >= 4 is 5.91 Å². The number of ether oxygens (including phenoxy) is 7. The van der Waals surface area contributed by atoms with Crippen LogP contribution in [0.5, 0.6) is 0 Å². The molecular weight excluding hydrogens is 462 g/mol. The van der Waals surface area contributed by atoms with Gasteiger partial charge in [0.2, 0.25) is 5.91 Å². The maximum absolute atomic E-state index is 11.3. The smallest absolute Gasteiger partial charge is 0.217 e. The van der Waals surface area contributed by atoms with Gasteiger partial charge in [0.05, 0.1) is 72.7 Å². The molecule has 2 aliphatic rings. The fourth-order valence-corrected chi connectivity index (χ4v) is 3.86. The normalized spacial score (nSPS) is 27.7. The van der Waals surface area contributed by atoms with Gasteiger partial charge in [0.25, 0.3) is 0 Å². The fraction of sp³-hybridized carbons (Fsp3) is 0.708. The van der Waals surface area contributed by atoms with Crippen molar-refractivity contribution in [3.63, 3.8) is 0 Å². The Balaban J connectivity index is 1.13. The van der Waals surface area contributed by atoms with E-state index in [1.807, 2.05) is 30.3 Å². The average molecular weight is 500 g/mol. The average Bonchev–Trinajstić information content (AvgIpc) is 3.26. The van der Waals surface area contributed by atoms with Gasteiger partial charge in [-0.2, -0.15) is 0 Å². The molecule has 2 fully saturated rings. The number of carbonyl (C=O) groups is 1. The summed E-state index contributed by atoms with van der Waals surface area (Å²) in [5.41, 5.74) is -0.0351. The highest BCUT2D eigenvalue weighted by Gasteiger charge is 2.59. The van der Waals surface area contributed by atoms with Crippen molar-refractivity contribution in [3.05, 3.63) is 35.9 Å². The minimum Gasteiger partial charge on any atom is -0.388 e. The third-order valence-electron chi connectivity index (χ3n) is 5.68. The lowest BCUT2D eigenvalue weighted by molar-refractivity contribution is -0.238. The van der Waals surface area contributed by atoms with E-state index in [1.54, 1.807) is 0 Å². The summed E-state index contributed by atoms with van der Waals surface area (Å²) in [5.74, 6) is -0.345. The van der Waals surface area contributed by atoms with Crippen molar-refractivity contribution in [2.45, 2.75) is 43.7 Å². The van der Waals surface area contributed by atoms with Gasteiger partial charge in [-0.1, -0.05) is 30.3 Å². The van der Waals surface area contributed by atoms with Crippen LogP contribution >= 0.6 is 0 Å². The Morgan fingerprint density at radius 3 is 2.11 bits per heavy atom. The molecule has 0 radical (unpaired) electrons. The molecule has 2 bridgehead atoms. The molecule has 1 unspecified atom stereocenters. The monoisotopic (exact) mass is 499 g/mol. The lowest BCUT2D eigenvalue weighted by Crippen LogP contribution is -2.66. The van der Waals surface area contributed by atoms with Gasteiger partial charge >= 0.3 is 0 Å². The van der Waals surface area contributed by atoms with Gasteiger partial charge < -0.3 is 48.7 Å². The second kappa shape index (κ2) is 14.8. The second-order valence-corrected chi connectivity index (χ2v) is 8.45. The van der Waals surface area contributed by atoms with Crippen molar-refractivity contribution in [2.75, 3.05) is 66.1 Å². The first-order valence-electron chi connectivity index (χ1n) is 11.9. The summed E-state index contributed by atoms with van der Waals surface area (Å²) in [5, 5.41) is 23.4. The van der Waals surface area contributed by atoms with E-state index in [9.17, 15) is 15.0 Å². The zero-order valence-electron chi connectivity index (χ0n) is 20.1. The van der Waals surface area contributed by atoms with Crippen LogP contribution in [-0.2, 0) is 44.6 Å². The number of rotatable bonds is 17. The standard InChI is InChI=1S/C24H37NO10/c1-18(26)25-20-21(27)22(28)24(17-34-23(20)35-24)16-33-14-12-31-10-8-29-7-9-30-11-13-32-15-19-5-3-2-4-6-19/h2-6,20-23,27-28H,7-17H2,1H3,(H,25,26)/t20-,21-,22-,23+,24?/m1/s1. The second-order valence-electron chi connectivity index (χ2n) is 8.45. The minimum absolute atomic E-state index is 0.0286. The first-order valence-corrected chi connectivity index (χ1v) is 11.9. The molecule has 1 aromatic rings. The zero-order chi connectivity index (χ0) is 24.9. The fourth-order valence-electron chi connectivity index (χ4n) is 3.86. The molecule has 35 heavy (non-hydrogen) atoms. The SMILES string of the molecule is CC(=O)N[C@H]1[C@H]2OCC(COCCOCCOCCOCCOCc3ccccc3)(O2)[C@H](O)[C@@H]1O. The maximum atomic E-state index is 11.3. The summed E-state index contributed by atoms with van der Waals surface area (Å²) in [4.78, 5) is 11.3. The van der Waals surface area contributed by atoms with Crippen LogP contribution in [0.4, 0.5) is 0 Å². The molecule has 2 aliphatic heterocycles. The molecule has 0 aliphatic carbocycles. The Hall–Kier alpha value is -1.67. The van der Waals surface area contributed by atoms with Gasteiger partial charge in [0, 0.05) is 6.92 Å². The highest BCUT2D eigenvalue weighted by atomic mass is 16.8. The summed E-state index contributed by atoms with van der Waals surface area (Å²) in [6.45, 7) is 5.45. The number of nitrogens with one attached hydrogen (secondary N) is 1. The highest BCUT2D eigenvalue weighted by Crippen LogP contribution is 2.37. The molecule has 2 heterocycles. The largest absolute Gasteiger partial charge is 0.388 e. The Bertz CT molecular complexity index is 738. The molecule has 1 aromatic carbocycles. The van der Waals surface area contributed by atoms with Crippen molar-refractivity contribution < 1.29 is 48.2 Å². The maximum Gasteiger partial charge on any atom is 0.217 e. The van der Waals surface area contributed by atoms with Crippen LogP contribution in [0.2, 0.25) is 0 Å². The first-order chi connectivity index (χ1) is 17.0. The van der Waals surface area contributed by atoms with Crippen molar-refractivity contribution in [3.8, 4) is 0 Å². The predicted octanol–water partition coefficient (Wildman–Crippen LogP) is -0.379. The number of benzene rings is 1. The number of hydrogen-bond acceptors (Lipinski definition) is 10. The van der Waals surface area contributed by atoms with Crippen LogP contribution in [0.3, 0.4) is 0 Å². The van der Waals surface area contributed by atoms with Crippen molar-refractivity contribution in [1.29, 1.82) is 0 Å². The Morgan fingerprint density at radius 1 is 0.943 bits per heavy atom. The Labute approximate surface area is 205 Å². The zero-order valence-corrected chi connectivity index (χ0v) is 20.1. The molecule has 2 saturated heterocycles. The van der Waals surface area contributed by atoms with Crippen molar-refractivity contribution in [1.82, 2.24) is 5.32 Å². The van der Waals surface area contributed by atoms with Gasteiger partial charge in [-0.15, -0.1) is 0 Å². The molecule has 0 saturated carbocycles. The summed E-state index contributed by atoms with van der Waals surface area (Å²) < 4.78 is 38.8. The molecule has 11 nitrogen and oxygen atoms in total. The van der Waals surface area contributed by atoms with E-state index < -0.39 is 30.1 Å². The molecule has 3 rings (SSSR count). The number of aliphatic hydroxyl groups excluding tert-OH is 2. The van der Waals surface area contributed by atoms with E-state index in [0.29, 0.717) is 52.9 Å². The van der Waals surface area contributed by atoms with Gasteiger partial charge in [-0.25, -0.2) is 0 Å². The molecule has 1 amide bonds. The third kappa shape index (κ3) is 8.74. The Morgan fingerprint density at radius 2 is 1.51 bits per heavy atom. The number of hydrogen-bond donors (Lipinski definition) is 3. The van der Waals surface area contributed by atoms with E-state index >= 15 is 0 Å². The van der Waals surface area contributed by atoms with E-state index in [1.165, 1.54) is 6.92 Å². The summed E-state index contributed by atoms with van der Waals surface area (Å²) in [6.07, 6.45) is -3.31. The van der Waals surface area contributed by atoms with Gasteiger partial charge in [0.1, 0.15) is 23.9 Å². The third-order valence-corrected chi connectivity index (χ3v) is 5.68. The highest BCUT2D eigenvalue weighted by molar-refractivity contribution is 5.73. The van der Waals surface area contributed by atoms with E-state index in [-0.39, 0.29) is 25.7 Å². The van der Waals surface area contributed by atoms with Crippen LogP contribution in [0.15, 0.2) is 30.3 Å².